The van der Waals surface area contributed by atoms with Gasteiger partial charge in [0, 0.05) is 50.7 Å². The van der Waals surface area contributed by atoms with Gasteiger partial charge in [-0.05, 0) is 43.0 Å². The van der Waals surface area contributed by atoms with Crippen molar-refractivity contribution >= 4 is 28.8 Å². The fourth-order valence-corrected chi connectivity index (χ4v) is 5.10. The molecule has 0 radical (unpaired) electrons. The third-order valence-electron chi connectivity index (χ3n) is 6.92. The Kier molecular flexibility index (Phi) is 5.83. The number of morpholine rings is 1. The molecule has 1 atom stereocenters. The van der Waals surface area contributed by atoms with Crippen molar-refractivity contribution in [3.8, 4) is 0 Å². The van der Waals surface area contributed by atoms with Crippen molar-refractivity contribution in [1.29, 1.82) is 0 Å². The Balaban J connectivity index is 1.31. The summed E-state index contributed by atoms with van der Waals surface area (Å²) in [6, 6.07) is 5.63. The Morgan fingerprint density at radius 2 is 2.06 bits per heavy atom. The number of anilines is 2. The normalized spacial score (nSPS) is 20.3. The fourth-order valence-electron chi connectivity index (χ4n) is 5.10. The molecule has 1 N–H and O–H groups in total. The number of nitrogens with one attached hydrogen (secondary N) is 1. The van der Waals surface area contributed by atoms with Gasteiger partial charge in [0.25, 0.3) is 11.8 Å². The summed E-state index contributed by atoms with van der Waals surface area (Å²) in [5, 5.41) is 7.30. The number of hydrogen-bond acceptors (Lipinski definition) is 7. The quantitative estimate of drug-likeness (QED) is 0.603. The Hall–Kier alpha value is -3.50. The second kappa shape index (κ2) is 9.27. The molecule has 2 amide bonds. The van der Waals surface area contributed by atoms with Crippen LogP contribution in [0, 0.1) is 0 Å². The lowest BCUT2D eigenvalue weighted by atomic mass is 10.1. The zero-order valence-corrected chi connectivity index (χ0v) is 19.5. The molecule has 10 heteroatoms. The van der Waals surface area contributed by atoms with E-state index in [0.29, 0.717) is 61.9 Å². The summed E-state index contributed by atoms with van der Waals surface area (Å²) >= 11 is 0. The maximum atomic E-state index is 13.3. The molecule has 2 fully saturated rings. The number of fused-ring (bicyclic) bond motifs is 2. The molecule has 0 bridgehead atoms. The molecular formula is C25H28N6O4. The Morgan fingerprint density at radius 3 is 2.89 bits per heavy atom. The van der Waals surface area contributed by atoms with Gasteiger partial charge >= 0.3 is 0 Å². The fraction of sp³-hybridized carbons (Fsp3) is 0.440. The van der Waals surface area contributed by atoms with Crippen LogP contribution in [0.5, 0.6) is 0 Å². The predicted octanol–water partition coefficient (Wildman–Crippen LogP) is 2.34. The summed E-state index contributed by atoms with van der Waals surface area (Å²) in [7, 11) is 0. The minimum Gasteiger partial charge on any atom is -0.378 e. The minimum absolute atomic E-state index is 0.0217. The Labute approximate surface area is 202 Å². The summed E-state index contributed by atoms with van der Waals surface area (Å²) in [4.78, 5) is 34.9. The molecule has 10 nitrogen and oxygen atoms in total. The van der Waals surface area contributed by atoms with Crippen molar-refractivity contribution in [3.05, 3.63) is 53.5 Å². The number of ether oxygens (including phenoxy) is 2. The Bertz CT molecular complexity index is 1260. The molecule has 3 aliphatic rings. The van der Waals surface area contributed by atoms with Crippen molar-refractivity contribution in [2.75, 3.05) is 49.7 Å². The van der Waals surface area contributed by atoms with Gasteiger partial charge in [-0.3, -0.25) is 9.59 Å². The van der Waals surface area contributed by atoms with E-state index in [1.165, 1.54) is 6.20 Å². The smallest absolute Gasteiger partial charge is 0.261 e. The summed E-state index contributed by atoms with van der Waals surface area (Å²) in [6.45, 7) is 4.44. The highest BCUT2D eigenvalue weighted by Gasteiger charge is 2.32. The van der Waals surface area contributed by atoms with Crippen LogP contribution < -0.4 is 10.2 Å². The van der Waals surface area contributed by atoms with Crippen LogP contribution in [0.2, 0.25) is 0 Å². The van der Waals surface area contributed by atoms with Crippen LogP contribution in [0.25, 0.3) is 5.65 Å². The highest BCUT2D eigenvalue weighted by Crippen LogP contribution is 2.35. The summed E-state index contributed by atoms with van der Waals surface area (Å²) in [6.07, 6.45) is 8.20. The van der Waals surface area contributed by atoms with Crippen LogP contribution in [0.1, 0.15) is 45.5 Å². The topological polar surface area (TPSA) is 101 Å². The van der Waals surface area contributed by atoms with E-state index in [0.717, 1.165) is 37.1 Å². The zero-order chi connectivity index (χ0) is 23.8. The van der Waals surface area contributed by atoms with Crippen molar-refractivity contribution in [3.63, 3.8) is 0 Å². The number of aromatic nitrogens is 3. The third-order valence-corrected chi connectivity index (χ3v) is 6.92. The first-order valence-electron chi connectivity index (χ1n) is 12.2. The maximum Gasteiger partial charge on any atom is 0.261 e. The Morgan fingerprint density at radius 1 is 1.17 bits per heavy atom. The van der Waals surface area contributed by atoms with Gasteiger partial charge in [0.05, 0.1) is 36.9 Å². The van der Waals surface area contributed by atoms with Gasteiger partial charge < -0.3 is 24.6 Å². The lowest BCUT2D eigenvalue weighted by molar-refractivity contribution is -0.00351. The van der Waals surface area contributed by atoms with Crippen LogP contribution in [0.3, 0.4) is 0 Å². The van der Waals surface area contributed by atoms with E-state index in [1.807, 2.05) is 17.0 Å². The van der Waals surface area contributed by atoms with E-state index in [9.17, 15) is 9.59 Å². The number of carbonyl (C=O) groups excluding carboxylic acids is 2. The second-order valence-corrected chi connectivity index (χ2v) is 9.20. The largest absolute Gasteiger partial charge is 0.378 e. The first-order valence-corrected chi connectivity index (χ1v) is 12.2. The number of carbonyl (C=O) groups is 2. The molecule has 0 aliphatic carbocycles. The molecule has 0 unspecified atom stereocenters. The van der Waals surface area contributed by atoms with Crippen LogP contribution in [0.4, 0.5) is 11.4 Å². The summed E-state index contributed by atoms with van der Waals surface area (Å²) < 4.78 is 13.0. The van der Waals surface area contributed by atoms with E-state index in [2.05, 4.69) is 20.3 Å². The van der Waals surface area contributed by atoms with Gasteiger partial charge in [-0.25, -0.2) is 9.50 Å². The molecule has 0 saturated carbocycles. The van der Waals surface area contributed by atoms with Gasteiger partial charge in [0.1, 0.15) is 5.56 Å². The zero-order valence-electron chi connectivity index (χ0n) is 19.5. The number of benzene rings is 1. The van der Waals surface area contributed by atoms with E-state index in [-0.39, 0.29) is 17.9 Å². The van der Waals surface area contributed by atoms with E-state index in [4.69, 9.17) is 9.47 Å². The minimum atomic E-state index is -0.287. The lowest BCUT2D eigenvalue weighted by Crippen LogP contribution is -2.37. The van der Waals surface area contributed by atoms with Gasteiger partial charge in [-0.1, -0.05) is 0 Å². The second-order valence-electron chi connectivity index (χ2n) is 9.20. The lowest BCUT2D eigenvalue weighted by Gasteiger charge is -2.31. The molecule has 0 spiro atoms. The summed E-state index contributed by atoms with van der Waals surface area (Å²) in [5.74, 6) is -0.265. The average molecular weight is 477 g/mol. The monoisotopic (exact) mass is 476 g/mol. The number of amides is 2. The molecule has 35 heavy (non-hydrogen) atoms. The molecule has 6 rings (SSSR count). The van der Waals surface area contributed by atoms with Crippen molar-refractivity contribution in [1.82, 2.24) is 19.5 Å². The molecule has 182 valence electrons. The third kappa shape index (κ3) is 4.23. The molecule has 3 aromatic rings. The maximum absolute atomic E-state index is 13.3. The standard InChI is InChI=1S/C25H28N6O4/c32-24(20-14-27-31-6-3-5-26-23(20)31)28-21-12-17-15-30(16-18-4-1-2-9-35-18)25(33)19(17)13-22(21)29-7-10-34-11-8-29/h3,5-6,12-14,18H,1-2,4,7-11,15-16H2,(H,28,32)/t18-/m1/s1. The predicted molar refractivity (Wildman–Crippen MR) is 129 cm³/mol. The number of hydrogen-bond donors (Lipinski definition) is 1. The van der Waals surface area contributed by atoms with Crippen molar-refractivity contribution < 1.29 is 19.1 Å². The molecule has 2 saturated heterocycles. The van der Waals surface area contributed by atoms with E-state index >= 15 is 0 Å². The van der Waals surface area contributed by atoms with E-state index < -0.39 is 0 Å². The molecule has 3 aliphatic heterocycles. The average Bonchev–Trinajstić information content (AvgIpc) is 3.46. The number of rotatable bonds is 5. The van der Waals surface area contributed by atoms with E-state index in [1.54, 1.807) is 23.0 Å². The molecule has 2 aromatic heterocycles. The van der Waals surface area contributed by atoms with Gasteiger partial charge in [-0.2, -0.15) is 5.10 Å². The molecule has 1 aromatic carbocycles. The van der Waals surface area contributed by atoms with Crippen LogP contribution in [0.15, 0.2) is 36.8 Å². The van der Waals surface area contributed by atoms with Crippen molar-refractivity contribution in [2.24, 2.45) is 0 Å². The van der Waals surface area contributed by atoms with Crippen LogP contribution in [-0.2, 0) is 16.0 Å². The highest BCUT2D eigenvalue weighted by atomic mass is 16.5. The van der Waals surface area contributed by atoms with Gasteiger partial charge in [-0.15, -0.1) is 0 Å². The SMILES string of the molecule is O=C(Nc1cc2c(cc1N1CCOCC1)C(=O)N(C[C@H]1CCCCO1)C2)c1cnn2cccnc12. The van der Waals surface area contributed by atoms with Gasteiger partial charge in [0.15, 0.2) is 5.65 Å². The number of nitrogens with zero attached hydrogens (tertiary/aromatic N) is 5. The first kappa shape index (κ1) is 22.0. The van der Waals surface area contributed by atoms with Crippen molar-refractivity contribution in [2.45, 2.75) is 31.9 Å². The van der Waals surface area contributed by atoms with Gasteiger partial charge in [0.2, 0.25) is 0 Å². The van der Waals surface area contributed by atoms with Crippen LogP contribution >= 0.6 is 0 Å². The first-order chi connectivity index (χ1) is 17.2. The van der Waals surface area contributed by atoms with Crippen LogP contribution in [-0.4, -0.2) is 76.9 Å². The molecular weight excluding hydrogens is 448 g/mol. The summed E-state index contributed by atoms with van der Waals surface area (Å²) in [5.41, 5.74) is 4.00. The molecule has 5 heterocycles. The highest BCUT2D eigenvalue weighted by molar-refractivity contribution is 6.10.